The normalized spacial score (nSPS) is 12.3. The van der Waals surface area contributed by atoms with Crippen molar-refractivity contribution in [3.8, 4) is 5.75 Å². The quantitative estimate of drug-likeness (QED) is 0.288. The molecule has 0 heterocycles. The van der Waals surface area contributed by atoms with Crippen LogP contribution in [0.2, 0.25) is 0 Å². The SMILES string of the molecule is COC(=O)C(C[C@H](NC(=O)c1ccccc1)[C@@H](CCc1ccccc1)c1ccc(OC)cc1)C(=O)OC. The molecule has 0 aliphatic rings. The number of aryl methyl sites for hydroxylation is 1. The molecule has 0 radical (unpaired) electrons. The minimum Gasteiger partial charge on any atom is -0.497 e. The van der Waals surface area contributed by atoms with Crippen LogP contribution in [0, 0.1) is 5.92 Å². The zero-order chi connectivity index (χ0) is 26.6. The van der Waals surface area contributed by atoms with E-state index >= 15 is 0 Å². The summed E-state index contributed by atoms with van der Waals surface area (Å²) in [6.45, 7) is 0. The standard InChI is InChI=1S/C30H33NO6/c1-35-24-17-15-22(16-18-24)25(19-14-21-10-6-4-7-11-21)27(20-26(29(33)36-2)30(34)37-3)31-28(32)23-12-8-5-9-13-23/h4-13,15-18,25-27H,14,19-20H2,1-3H3,(H,31,32)/t25-,27-/m0/s1. The first-order valence-corrected chi connectivity index (χ1v) is 12.2. The van der Waals surface area contributed by atoms with E-state index in [0.717, 1.165) is 17.5 Å². The van der Waals surface area contributed by atoms with Crippen LogP contribution in [0.25, 0.3) is 0 Å². The summed E-state index contributed by atoms with van der Waals surface area (Å²) >= 11 is 0. The van der Waals surface area contributed by atoms with Gasteiger partial charge in [-0.25, -0.2) is 0 Å². The summed E-state index contributed by atoms with van der Waals surface area (Å²) in [5.41, 5.74) is 2.58. The first-order valence-electron chi connectivity index (χ1n) is 12.2. The van der Waals surface area contributed by atoms with Crippen LogP contribution in [0.5, 0.6) is 5.75 Å². The predicted octanol–water partition coefficient (Wildman–Crippen LogP) is 4.56. The summed E-state index contributed by atoms with van der Waals surface area (Å²) in [7, 11) is 4.06. The summed E-state index contributed by atoms with van der Waals surface area (Å²) in [6, 6.07) is 25.9. The molecule has 3 rings (SSSR count). The number of hydrogen-bond donors (Lipinski definition) is 1. The Morgan fingerprint density at radius 1 is 0.757 bits per heavy atom. The molecule has 0 bridgehead atoms. The van der Waals surface area contributed by atoms with Gasteiger partial charge in [0.1, 0.15) is 5.75 Å². The van der Waals surface area contributed by atoms with E-state index in [1.54, 1.807) is 31.4 Å². The van der Waals surface area contributed by atoms with E-state index in [1.807, 2.05) is 60.7 Å². The molecule has 3 aromatic rings. The number of ether oxygens (including phenoxy) is 3. The van der Waals surface area contributed by atoms with Crippen molar-refractivity contribution in [1.29, 1.82) is 0 Å². The molecule has 1 amide bonds. The molecule has 7 heteroatoms. The number of hydrogen-bond acceptors (Lipinski definition) is 6. The number of rotatable bonds is 12. The highest BCUT2D eigenvalue weighted by molar-refractivity contribution is 5.96. The lowest BCUT2D eigenvalue weighted by Gasteiger charge is -2.31. The van der Waals surface area contributed by atoms with Crippen molar-refractivity contribution in [2.24, 2.45) is 5.92 Å². The Kier molecular flexibility index (Phi) is 10.3. The Bertz CT molecular complexity index is 1130. The second-order valence-electron chi connectivity index (χ2n) is 8.68. The Morgan fingerprint density at radius 2 is 1.32 bits per heavy atom. The van der Waals surface area contributed by atoms with Crippen molar-refractivity contribution in [2.75, 3.05) is 21.3 Å². The number of nitrogens with one attached hydrogen (secondary N) is 1. The first-order chi connectivity index (χ1) is 18.0. The molecule has 2 atom stereocenters. The third kappa shape index (κ3) is 7.67. The molecular weight excluding hydrogens is 470 g/mol. The molecule has 0 aliphatic carbocycles. The molecule has 0 saturated heterocycles. The van der Waals surface area contributed by atoms with E-state index < -0.39 is 23.9 Å². The molecule has 194 valence electrons. The van der Waals surface area contributed by atoms with E-state index in [-0.39, 0.29) is 18.2 Å². The summed E-state index contributed by atoms with van der Waals surface area (Å²) in [5, 5.41) is 3.10. The molecule has 0 unspecified atom stereocenters. The summed E-state index contributed by atoms with van der Waals surface area (Å²) < 4.78 is 15.1. The maximum atomic E-state index is 13.3. The monoisotopic (exact) mass is 503 g/mol. The molecule has 0 fully saturated rings. The fourth-order valence-electron chi connectivity index (χ4n) is 4.41. The highest BCUT2D eigenvalue weighted by atomic mass is 16.5. The fraction of sp³-hybridized carbons (Fsp3) is 0.300. The molecule has 0 spiro atoms. The molecule has 37 heavy (non-hydrogen) atoms. The number of methoxy groups -OCH3 is 3. The van der Waals surface area contributed by atoms with Crippen LogP contribution in [0.3, 0.4) is 0 Å². The van der Waals surface area contributed by atoms with Crippen molar-refractivity contribution >= 4 is 17.8 Å². The van der Waals surface area contributed by atoms with Gasteiger partial charge in [-0.05, 0) is 54.7 Å². The van der Waals surface area contributed by atoms with E-state index in [4.69, 9.17) is 14.2 Å². The maximum absolute atomic E-state index is 13.3. The average molecular weight is 504 g/mol. The van der Waals surface area contributed by atoms with Crippen molar-refractivity contribution in [3.05, 3.63) is 102 Å². The van der Waals surface area contributed by atoms with Gasteiger partial charge in [-0.3, -0.25) is 14.4 Å². The number of benzene rings is 3. The first kappa shape index (κ1) is 27.5. The van der Waals surface area contributed by atoms with Crippen molar-refractivity contribution in [1.82, 2.24) is 5.32 Å². The smallest absolute Gasteiger partial charge is 0.320 e. The Hall–Kier alpha value is -4.13. The lowest BCUT2D eigenvalue weighted by molar-refractivity contribution is -0.159. The van der Waals surface area contributed by atoms with Gasteiger partial charge in [0.25, 0.3) is 5.91 Å². The van der Waals surface area contributed by atoms with Gasteiger partial charge < -0.3 is 19.5 Å². The van der Waals surface area contributed by atoms with Crippen molar-refractivity contribution in [3.63, 3.8) is 0 Å². The summed E-state index contributed by atoms with van der Waals surface area (Å²) in [5.74, 6) is -2.41. The third-order valence-corrected chi connectivity index (χ3v) is 6.43. The molecule has 1 N–H and O–H groups in total. The topological polar surface area (TPSA) is 90.9 Å². The second-order valence-corrected chi connectivity index (χ2v) is 8.68. The molecule has 0 aromatic heterocycles. The van der Waals surface area contributed by atoms with E-state index in [9.17, 15) is 14.4 Å². The zero-order valence-electron chi connectivity index (χ0n) is 21.4. The van der Waals surface area contributed by atoms with Crippen LogP contribution in [-0.4, -0.2) is 45.2 Å². The zero-order valence-corrected chi connectivity index (χ0v) is 21.4. The van der Waals surface area contributed by atoms with Gasteiger partial charge in [0.05, 0.1) is 21.3 Å². The van der Waals surface area contributed by atoms with Crippen molar-refractivity contribution in [2.45, 2.75) is 31.2 Å². The van der Waals surface area contributed by atoms with Gasteiger partial charge in [-0.2, -0.15) is 0 Å². The molecule has 7 nitrogen and oxygen atoms in total. The number of esters is 2. The largest absolute Gasteiger partial charge is 0.497 e. The second kappa shape index (κ2) is 13.8. The van der Waals surface area contributed by atoms with Gasteiger partial charge in [0, 0.05) is 17.5 Å². The number of carbonyl (C=O) groups is 3. The number of amides is 1. The summed E-state index contributed by atoms with van der Waals surface area (Å²) in [4.78, 5) is 38.4. The van der Waals surface area contributed by atoms with Crippen LogP contribution in [0.15, 0.2) is 84.9 Å². The molecule has 3 aromatic carbocycles. The van der Waals surface area contributed by atoms with Gasteiger partial charge in [-0.1, -0.05) is 60.7 Å². The van der Waals surface area contributed by atoms with Crippen LogP contribution in [0.1, 0.15) is 40.2 Å². The van der Waals surface area contributed by atoms with E-state index in [0.29, 0.717) is 17.7 Å². The number of carbonyl (C=O) groups excluding carboxylic acids is 3. The maximum Gasteiger partial charge on any atom is 0.320 e. The fourth-order valence-corrected chi connectivity index (χ4v) is 4.41. The lowest BCUT2D eigenvalue weighted by Crippen LogP contribution is -2.43. The van der Waals surface area contributed by atoms with Gasteiger partial charge >= 0.3 is 11.9 Å². The summed E-state index contributed by atoms with van der Waals surface area (Å²) in [6.07, 6.45) is 1.41. The molecular formula is C30H33NO6. The van der Waals surface area contributed by atoms with Crippen LogP contribution < -0.4 is 10.1 Å². The van der Waals surface area contributed by atoms with Crippen LogP contribution in [0.4, 0.5) is 0 Å². The minimum atomic E-state index is -1.19. The highest BCUT2D eigenvalue weighted by Crippen LogP contribution is 2.31. The molecule has 0 aliphatic heterocycles. The third-order valence-electron chi connectivity index (χ3n) is 6.43. The van der Waals surface area contributed by atoms with E-state index in [2.05, 4.69) is 5.32 Å². The minimum absolute atomic E-state index is 0.0173. The Morgan fingerprint density at radius 3 is 1.86 bits per heavy atom. The predicted molar refractivity (Wildman–Crippen MR) is 140 cm³/mol. The van der Waals surface area contributed by atoms with Crippen molar-refractivity contribution < 1.29 is 28.6 Å². The van der Waals surface area contributed by atoms with Crippen LogP contribution in [-0.2, 0) is 25.5 Å². The highest BCUT2D eigenvalue weighted by Gasteiger charge is 2.36. The van der Waals surface area contributed by atoms with Gasteiger partial charge in [-0.15, -0.1) is 0 Å². The van der Waals surface area contributed by atoms with E-state index in [1.165, 1.54) is 14.2 Å². The Labute approximate surface area is 217 Å². The van der Waals surface area contributed by atoms with Crippen LogP contribution >= 0.6 is 0 Å². The van der Waals surface area contributed by atoms with Gasteiger partial charge in [0.2, 0.25) is 0 Å². The molecule has 0 saturated carbocycles. The van der Waals surface area contributed by atoms with Gasteiger partial charge in [0.15, 0.2) is 5.92 Å². The lowest BCUT2D eigenvalue weighted by atomic mass is 9.81. The Balaban J connectivity index is 2.01. The average Bonchev–Trinajstić information content (AvgIpc) is 2.96.